The van der Waals surface area contributed by atoms with Gasteiger partial charge in [0.05, 0.1) is 16.8 Å². The summed E-state index contributed by atoms with van der Waals surface area (Å²) >= 11 is 0. The van der Waals surface area contributed by atoms with Crippen LogP contribution in [0.5, 0.6) is 0 Å². The van der Waals surface area contributed by atoms with Crippen LogP contribution in [-0.2, 0) is 10.2 Å². The molecule has 0 bridgehead atoms. The summed E-state index contributed by atoms with van der Waals surface area (Å²) < 4.78 is 0. The number of hydrogen-bond acceptors (Lipinski definition) is 3. The van der Waals surface area contributed by atoms with Gasteiger partial charge in [-0.15, -0.1) is 0 Å². The Kier molecular flexibility index (Phi) is 3.94. The summed E-state index contributed by atoms with van der Waals surface area (Å²) in [7, 11) is 0. The highest BCUT2D eigenvalue weighted by molar-refractivity contribution is 5.87. The summed E-state index contributed by atoms with van der Waals surface area (Å²) in [6.45, 7) is 3.57. The van der Waals surface area contributed by atoms with Crippen molar-refractivity contribution in [3.63, 3.8) is 0 Å². The molecule has 20 heavy (non-hydrogen) atoms. The van der Waals surface area contributed by atoms with Crippen LogP contribution in [0.3, 0.4) is 0 Å². The van der Waals surface area contributed by atoms with E-state index in [4.69, 9.17) is 5.73 Å². The first-order chi connectivity index (χ1) is 9.51. The molecule has 0 heterocycles. The predicted octanol–water partition coefficient (Wildman–Crippen LogP) is 3.86. The zero-order chi connectivity index (χ0) is 14.6. The van der Waals surface area contributed by atoms with Gasteiger partial charge in [-0.1, -0.05) is 36.4 Å². The highest BCUT2D eigenvalue weighted by atomic mass is 16.1. The Bertz CT molecular complexity index is 633. The standard InChI is InChI=1S/C16H17N3O/c1-16(2,15(17)20)13-10-6-7-11-14(13)19-18-12-8-4-3-5-9-12/h3-11H,1-2H3,(H2,17,20). The van der Waals surface area contributed by atoms with Crippen molar-refractivity contribution < 1.29 is 4.79 Å². The van der Waals surface area contributed by atoms with Gasteiger partial charge in [0.15, 0.2) is 0 Å². The SMILES string of the molecule is CC(C)(C(N)=O)c1ccccc1N=Nc1ccccc1. The van der Waals surface area contributed by atoms with E-state index in [1.54, 1.807) is 13.8 Å². The van der Waals surface area contributed by atoms with Gasteiger partial charge in [0.2, 0.25) is 5.91 Å². The molecule has 4 heteroatoms. The van der Waals surface area contributed by atoms with Crippen LogP contribution in [0.4, 0.5) is 11.4 Å². The van der Waals surface area contributed by atoms with Crippen molar-refractivity contribution in [2.24, 2.45) is 16.0 Å². The van der Waals surface area contributed by atoms with Crippen LogP contribution in [0.25, 0.3) is 0 Å². The zero-order valence-corrected chi connectivity index (χ0v) is 11.6. The van der Waals surface area contributed by atoms with Crippen molar-refractivity contribution in [3.8, 4) is 0 Å². The second-order valence-electron chi connectivity index (χ2n) is 5.04. The molecule has 4 nitrogen and oxygen atoms in total. The van der Waals surface area contributed by atoms with Gasteiger partial charge in [-0.25, -0.2) is 0 Å². The summed E-state index contributed by atoms with van der Waals surface area (Å²) in [6.07, 6.45) is 0. The molecule has 0 saturated carbocycles. The van der Waals surface area contributed by atoms with Gasteiger partial charge in [0.25, 0.3) is 0 Å². The van der Waals surface area contributed by atoms with E-state index in [9.17, 15) is 4.79 Å². The molecule has 0 unspecified atom stereocenters. The van der Waals surface area contributed by atoms with E-state index >= 15 is 0 Å². The van der Waals surface area contributed by atoms with Crippen molar-refractivity contribution in [2.75, 3.05) is 0 Å². The van der Waals surface area contributed by atoms with Gasteiger partial charge in [-0.05, 0) is 37.6 Å². The van der Waals surface area contributed by atoms with E-state index < -0.39 is 5.41 Å². The molecule has 0 radical (unpaired) electrons. The van der Waals surface area contributed by atoms with Crippen LogP contribution in [0.2, 0.25) is 0 Å². The van der Waals surface area contributed by atoms with E-state index in [0.29, 0.717) is 5.69 Å². The summed E-state index contributed by atoms with van der Waals surface area (Å²) in [4.78, 5) is 11.6. The minimum Gasteiger partial charge on any atom is -0.369 e. The number of hydrogen-bond donors (Lipinski definition) is 1. The smallest absolute Gasteiger partial charge is 0.227 e. The third-order valence-electron chi connectivity index (χ3n) is 3.22. The number of rotatable bonds is 4. The predicted molar refractivity (Wildman–Crippen MR) is 79.3 cm³/mol. The second kappa shape index (κ2) is 5.65. The molecule has 0 fully saturated rings. The van der Waals surface area contributed by atoms with Gasteiger partial charge in [-0.3, -0.25) is 4.79 Å². The Morgan fingerprint density at radius 1 is 0.950 bits per heavy atom. The average Bonchev–Trinajstić information content (AvgIpc) is 2.46. The van der Waals surface area contributed by atoms with Gasteiger partial charge < -0.3 is 5.73 Å². The molecule has 0 saturated heterocycles. The average molecular weight is 267 g/mol. The minimum absolute atomic E-state index is 0.389. The third-order valence-corrected chi connectivity index (χ3v) is 3.22. The summed E-state index contributed by atoms with van der Waals surface area (Å²) in [5, 5.41) is 8.43. The van der Waals surface area contributed by atoms with Crippen LogP contribution in [-0.4, -0.2) is 5.91 Å². The first-order valence-corrected chi connectivity index (χ1v) is 6.38. The van der Waals surface area contributed by atoms with Crippen molar-refractivity contribution in [1.29, 1.82) is 0 Å². The summed E-state index contributed by atoms with van der Waals surface area (Å²) in [5.74, 6) is -0.389. The van der Waals surface area contributed by atoms with Crippen LogP contribution < -0.4 is 5.73 Å². The summed E-state index contributed by atoms with van der Waals surface area (Å²) in [5.41, 5.74) is 6.87. The molecule has 0 aliphatic heterocycles. The Hall–Kier alpha value is -2.49. The molecule has 2 aromatic carbocycles. The topological polar surface area (TPSA) is 67.8 Å². The molecule has 2 aromatic rings. The quantitative estimate of drug-likeness (QED) is 0.839. The van der Waals surface area contributed by atoms with Gasteiger partial charge >= 0.3 is 0 Å². The molecule has 2 rings (SSSR count). The maximum atomic E-state index is 11.6. The fraction of sp³-hybridized carbons (Fsp3) is 0.188. The van der Waals surface area contributed by atoms with Crippen molar-refractivity contribution >= 4 is 17.3 Å². The first-order valence-electron chi connectivity index (χ1n) is 6.38. The van der Waals surface area contributed by atoms with Crippen LogP contribution >= 0.6 is 0 Å². The van der Waals surface area contributed by atoms with E-state index in [-0.39, 0.29) is 5.91 Å². The number of azo groups is 1. The van der Waals surface area contributed by atoms with Gasteiger partial charge in [-0.2, -0.15) is 10.2 Å². The van der Waals surface area contributed by atoms with Crippen LogP contribution in [0.15, 0.2) is 64.8 Å². The summed E-state index contributed by atoms with van der Waals surface area (Å²) in [6, 6.07) is 16.8. The Morgan fingerprint density at radius 3 is 2.20 bits per heavy atom. The molecule has 2 N–H and O–H groups in total. The Morgan fingerprint density at radius 2 is 1.55 bits per heavy atom. The fourth-order valence-electron chi connectivity index (χ4n) is 1.83. The number of benzene rings is 2. The van der Waals surface area contributed by atoms with Crippen LogP contribution in [0.1, 0.15) is 19.4 Å². The molecule has 0 aliphatic rings. The van der Waals surface area contributed by atoms with E-state index in [1.165, 1.54) is 0 Å². The Labute approximate surface area is 118 Å². The maximum absolute atomic E-state index is 11.6. The first kappa shape index (κ1) is 13.9. The van der Waals surface area contributed by atoms with Crippen molar-refractivity contribution in [3.05, 3.63) is 60.2 Å². The zero-order valence-electron chi connectivity index (χ0n) is 11.6. The molecule has 1 amide bonds. The fourth-order valence-corrected chi connectivity index (χ4v) is 1.83. The van der Waals surface area contributed by atoms with E-state index in [2.05, 4.69) is 10.2 Å². The monoisotopic (exact) mass is 267 g/mol. The number of primary amides is 1. The maximum Gasteiger partial charge on any atom is 0.227 e. The lowest BCUT2D eigenvalue weighted by Gasteiger charge is -2.22. The van der Waals surface area contributed by atoms with E-state index in [0.717, 1.165) is 11.3 Å². The number of nitrogens with two attached hydrogens (primary N) is 1. The highest BCUT2D eigenvalue weighted by Crippen LogP contribution is 2.32. The molecular formula is C16H17N3O. The second-order valence-corrected chi connectivity index (χ2v) is 5.04. The van der Waals surface area contributed by atoms with Crippen molar-refractivity contribution in [1.82, 2.24) is 0 Å². The normalized spacial score (nSPS) is 11.7. The molecule has 102 valence electrons. The molecule has 0 atom stereocenters. The number of carbonyl (C=O) groups excluding carboxylic acids is 1. The van der Waals surface area contributed by atoms with Gasteiger partial charge in [0, 0.05) is 0 Å². The number of carbonyl (C=O) groups is 1. The molecular weight excluding hydrogens is 250 g/mol. The molecule has 0 spiro atoms. The molecule has 0 aliphatic carbocycles. The highest BCUT2D eigenvalue weighted by Gasteiger charge is 2.29. The molecule has 0 aromatic heterocycles. The van der Waals surface area contributed by atoms with Crippen molar-refractivity contribution in [2.45, 2.75) is 19.3 Å². The lowest BCUT2D eigenvalue weighted by molar-refractivity contribution is -0.122. The number of amides is 1. The van der Waals surface area contributed by atoms with Crippen LogP contribution in [0, 0.1) is 0 Å². The Balaban J connectivity index is 2.39. The largest absolute Gasteiger partial charge is 0.369 e. The minimum atomic E-state index is -0.785. The lowest BCUT2D eigenvalue weighted by atomic mass is 9.83. The van der Waals surface area contributed by atoms with E-state index in [1.807, 2.05) is 54.6 Å². The van der Waals surface area contributed by atoms with Gasteiger partial charge in [0.1, 0.15) is 0 Å². The number of nitrogens with zero attached hydrogens (tertiary/aromatic N) is 2. The third kappa shape index (κ3) is 2.91. The lowest BCUT2D eigenvalue weighted by Crippen LogP contribution is -2.35.